The summed E-state index contributed by atoms with van der Waals surface area (Å²) in [5.41, 5.74) is 9.01. The van der Waals surface area contributed by atoms with Crippen molar-refractivity contribution in [2.24, 2.45) is 5.73 Å². The van der Waals surface area contributed by atoms with Crippen LogP contribution in [0.2, 0.25) is 0 Å². The molecule has 0 bridgehead atoms. The lowest BCUT2D eigenvalue weighted by molar-refractivity contribution is 0.100. The molecule has 0 fully saturated rings. The fourth-order valence-corrected chi connectivity index (χ4v) is 2.39. The number of nitrogens with zero attached hydrogens (tertiary/aromatic N) is 1. The number of anilines is 2. The number of rotatable bonds is 5. The average molecular weight is 348 g/mol. The van der Waals surface area contributed by atoms with Gasteiger partial charge in [-0.05, 0) is 35.9 Å². The maximum atomic E-state index is 11.0. The van der Waals surface area contributed by atoms with Crippen LogP contribution in [0.1, 0.15) is 15.9 Å². The van der Waals surface area contributed by atoms with E-state index < -0.39 is 5.91 Å². The van der Waals surface area contributed by atoms with Crippen molar-refractivity contribution in [3.63, 3.8) is 0 Å². The van der Waals surface area contributed by atoms with Gasteiger partial charge in [0.1, 0.15) is 0 Å². The number of hydrogen-bond acceptors (Lipinski definition) is 3. The number of carbonyl (C=O) groups excluding carboxylic acids is 1. The molecule has 4 nitrogen and oxygen atoms in total. The quantitative estimate of drug-likeness (QED) is 0.872. The molecule has 2 aromatic carbocycles. The van der Waals surface area contributed by atoms with Gasteiger partial charge in [0, 0.05) is 30.7 Å². The van der Waals surface area contributed by atoms with Gasteiger partial charge >= 0.3 is 0 Å². The normalized spacial score (nSPS) is 10.2. The van der Waals surface area contributed by atoms with Crippen molar-refractivity contribution in [2.75, 3.05) is 24.3 Å². The van der Waals surface area contributed by atoms with Gasteiger partial charge in [0.05, 0.1) is 11.4 Å². The molecule has 3 N–H and O–H groups in total. The van der Waals surface area contributed by atoms with E-state index in [1.807, 2.05) is 38.4 Å². The zero-order valence-corrected chi connectivity index (χ0v) is 13.6. The van der Waals surface area contributed by atoms with Gasteiger partial charge in [0.15, 0.2) is 0 Å². The van der Waals surface area contributed by atoms with Crippen molar-refractivity contribution in [1.82, 2.24) is 0 Å². The second-order valence-corrected chi connectivity index (χ2v) is 5.89. The number of nitrogens with one attached hydrogen (secondary N) is 1. The van der Waals surface area contributed by atoms with Gasteiger partial charge in [0.2, 0.25) is 5.91 Å². The Morgan fingerprint density at radius 1 is 1.19 bits per heavy atom. The summed E-state index contributed by atoms with van der Waals surface area (Å²) in [6, 6.07) is 13.4. The molecular formula is C16H18BrN3O. The lowest BCUT2D eigenvalue weighted by Gasteiger charge is -2.19. The molecular weight excluding hydrogens is 330 g/mol. The molecule has 5 heteroatoms. The molecule has 0 radical (unpaired) electrons. The Morgan fingerprint density at radius 3 is 2.43 bits per heavy atom. The fraction of sp³-hybridized carbons (Fsp3) is 0.188. The van der Waals surface area contributed by atoms with E-state index in [4.69, 9.17) is 5.73 Å². The van der Waals surface area contributed by atoms with Crippen molar-refractivity contribution in [3.8, 4) is 0 Å². The number of primary amides is 1. The smallest absolute Gasteiger partial charge is 0.248 e. The largest absolute Gasteiger partial charge is 0.379 e. The number of hydrogen-bond donors (Lipinski definition) is 2. The predicted molar refractivity (Wildman–Crippen MR) is 90.8 cm³/mol. The fourth-order valence-electron chi connectivity index (χ4n) is 2.02. The first-order chi connectivity index (χ1) is 9.97. The Morgan fingerprint density at radius 2 is 1.86 bits per heavy atom. The minimum absolute atomic E-state index is 0.406. The first-order valence-electron chi connectivity index (χ1n) is 6.57. The molecule has 0 saturated heterocycles. The van der Waals surface area contributed by atoms with Crippen molar-refractivity contribution in [2.45, 2.75) is 6.54 Å². The van der Waals surface area contributed by atoms with Crippen LogP contribution in [-0.2, 0) is 6.54 Å². The van der Waals surface area contributed by atoms with E-state index in [1.54, 1.807) is 12.1 Å². The Balaban J connectivity index is 2.12. The molecule has 110 valence electrons. The zero-order valence-electron chi connectivity index (χ0n) is 12.1. The monoisotopic (exact) mass is 347 g/mol. The van der Waals surface area contributed by atoms with Crippen LogP contribution in [0.5, 0.6) is 0 Å². The van der Waals surface area contributed by atoms with Gasteiger partial charge in [0.25, 0.3) is 0 Å². The standard InChI is InChI=1S/C16H18BrN3O/c1-20(2)15-8-7-13(17)9-14(15)19-10-11-3-5-12(6-4-11)16(18)21/h3-9,19H,10H2,1-2H3,(H2,18,21). The summed E-state index contributed by atoms with van der Waals surface area (Å²) >= 11 is 3.49. The molecule has 0 heterocycles. The van der Waals surface area contributed by atoms with E-state index in [-0.39, 0.29) is 0 Å². The maximum Gasteiger partial charge on any atom is 0.248 e. The highest BCUT2D eigenvalue weighted by atomic mass is 79.9. The SMILES string of the molecule is CN(C)c1ccc(Br)cc1NCc1ccc(C(N)=O)cc1. The highest BCUT2D eigenvalue weighted by Crippen LogP contribution is 2.28. The Labute approximate surface area is 133 Å². The molecule has 0 aliphatic heterocycles. The Bertz CT molecular complexity index is 638. The predicted octanol–water partition coefficient (Wildman–Crippen LogP) is 3.23. The number of amides is 1. The van der Waals surface area contributed by atoms with Gasteiger partial charge in [-0.2, -0.15) is 0 Å². The summed E-state index contributed by atoms with van der Waals surface area (Å²) in [7, 11) is 4.02. The van der Waals surface area contributed by atoms with Crippen LogP contribution in [0.15, 0.2) is 46.9 Å². The van der Waals surface area contributed by atoms with E-state index >= 15 is 0 Å². The number of nitrogens with two attached hydrogens (primary N) is 1. The van der Waals surface area contributed by atoms with Gasteiger partial charge in [-0.15, -0.1) is 0 Å². The van der Waals surface area contributed by atoms with Crippen LogP contribution in [0, 0.1) is 0 Å². The van der Waals surface area contributed by atoms with Gasteiger partial charge in [-0.25, -0.2) is 0 Å². The van der Waals surface area contributed by atoms with Crippen molar-refractivity contribution < 1.29 is 4.79 Å². The number of carbonyl (C=O) groups is 1. The van der Waals surface area contributed by atoms with E-state index in [0.717, 1.165) is 21.4 Å². The summed E-state index contributed by atoms with van der Waals surface area (Å²) in [6.07, 6.45) is 0. The molecule has 1 amide bonds. The van der Waals surface area contributed by atoms with Crippen LogP contribution >= 0.6 is 15.9 Å². The minimum atomic E-state index is -0.406. The van der Waals surface area contributed by atoms with Crippen LogP contribution in [0.4, 0.5) is 11.4 Å². The number of halogens is 1. The van der Waals surface area contributed by atoms with Gasteiger partial charge in [-0.1, -0.05) is 28.1 Å². The minimum Gasteiger partial charge on any atom is -0.379 e. The van der Waals surface area contributed by atoms with Crippen LogP contribution in [-0.4, -0.2) is 20.0 Å². The molecule has 0 atom stereocenters. The Kier molecular flexibility index (Phi) is 4.85. The third kappa shape index (κ3) is 3.98. The van der Waals surface area contributed by atoms with E-state index in [2.05, 4.69) is 32.2 Å². The van der Waals surface area contributed by atoms with Crippen LogP contribution in [0.3, 0.4) is 0 Å². The lowest BCUT2D eigenvalue weighted by Crippen LogP contribution is -2.12. The van der Waals surface area contributed by atoms with Crippen molar-refractivity contribution in [1.29, 1.82) is 0 Å². The average Bonchev–Trinajstić information content (AvgIpc) is 2.45. The lowest BCUT2D eigenvalue weighted by atomic mass is 10.1. The Hall–Kier alpha value is -2.01. The van der Waals surface area contributed by atoms with E-state index in [9.17, 15) is 4.79 Å². The van der Waals surface area contributed by atoms with E-state index in [0.29, 0.717) is 12.1 Å². The van der Waals surface area contributed by atoms with Crippen LogP contribution < -0.4 is 16.0 Å². The third-order valence-corrected chi connectivity index (χ3v) is 3.66. The van der Waals surface area contributed by atoms with Gasteiger partial charge < -0.3 is 16.0 Å². The van der Waals surface area contributed by atoms with E-state index in [1.165, 1.54) is 0 Å². The van der Waals surface area contributed by atoms with Crippen LogP contribution in [0.25, 0.3) is 0 Å². The second-order valence-electron chi connectivity index (χ2n) is 4.97. The molecule has 0 aliphatic rings. The highest BCUT2D eigenvalue weighted by molar-refractivity contribution is 9.10. The number of benzene rings is 2. The highest BCUT2D eigenvalue weighted by Gasteiger charge is 2.05. The summed E-state index contributed by atoms with van der Waals surface area (Å²) in [5, 5.41) is 3.41. The molecule has 21 heavy (non-hydrogen) atoms. The molecule has 0 saturated carbocycles. The first kappa shape index (κ1) is 15.4. The summed E-state index contributed by atoms with van der Waals surface area (Å²) in [5.74, 6) is -0.406. The molecule has 0 unspecified atom stereocenters. The van der Waals surface area contributed by atoms with Crippen molar-refractivity contribution in [3.05, 3.63) is 58.1 Å². The van der Waals surface area contributed by atoms with Gasteiger partial charge in [-0.3, -0.25) is 4.79 Å². The molecule has 0 aliphatic carbocycles. The topological polar surface area (TPSA) is 58.4 Å². The molecule has 0 aromatic heterocycles. The summed E-state index contributed by atoms with van der Waals surface area (Å²) in [6.45, 7) is 0.677. The summed E-state index contributed by atoms with van der Waals surface area (Å²) < 4.78 is 1.03. The van der Waals surface area contributed by atoms with Crippen molar-refractivity contribution >= 4 is 33.2 Å². The first-order valence-corrected chi connectivity index (χ1v) is 7.36. The third-order valence-electron chi connectivity index (χ3n) is 3.16. The molecule has 2 rings (SSSR count). The molecule has 2 aromatic rings. The second kappa shape index (κ2) is 6.63. The summed E-state index contributed by atoms with van der Waals surface area (Å²) in [4.78, 5) is 13.1. The molecule has 0 spiro atoms. The maximum absolute atomic E-state index is 11.0. The zero-order chi connectivity index (χ0) is 15.4.